The number of nitrogens with zero attached hydrogens (tertiary/aromatic N) is 4. The number of aromatic hydroxyl groups is 1. The number of hydrogen-bond donors (Lipinski definition) is 1. The monoisotopic (exact) mass is 576 g/mol. The van der Waals surface area contributed by atoms with Gasteiger partial charge in [-0.15, -0.1) is 0 Å². The largest absolute Gasteiger partial charge is 0.507 e. The van der Waals surface area contributed by atoms with Crippen LogP contribution in [0.2, 0.25) is 5.02 Å². The van der Waals surface area contributed by atoms with Gasteiger partial charge in [-0.2, -0.15) is 0 Å². The Morgan fingerprint density at radius 1 is 1.17 bits per heavy atom. The van der Waals surface area contributed by atoms with Crippen LogP contribution in [0, 0.1) is 5.82 Å². The second-order valence-corrected chi connectivity index (χ2v) is 10.7. The average molecular weight is 577 g/mol. The molecule has 7 nitrogen and oxygen atoms in total. The molecule has 41 heavy (non-hydrogen) atoms. The van der Waals surface area contributed by atoms with E-state index in [1.54, 1.807) is 24.1 Å². The van der Waals surface area contributed by atoms with Gasteiger partial charge < -0.3 is 14.9 Å². The van der Waals surface area contributed by atoms with Gasteiger partial charge in [-0.25, -0.2) is 4.39 Å². The molecule has 1 atom stereocenters. The number of carbonyl (C=O) groups excluding carboxylic acids is 2. The topological polar surface area (TPSA) is 76.5 Å². The molecule has 2 amide bonds. The highest BCUT2D eigenvalue weighted by Crippen LogP contribution is 2.43. The van der Waals surface area contributed by atoms with Crippen molar-refractivity contribution in [2.75, 3.05) is 31.6 Å². The van der Waals surface area contributed by atoms with E-state index in [1.807, 2.05) is 45.0 Å². The van der Waals surface area contributed by atoms with Gasteiger partial charge in [0.15, 0.2) is 0 Å². The van der Waals surface area contributed by atoms with Gasteiger partial charge in [-0.1, -0.05) is 56.3 Å². The Morgan fingerprint density at radius 3 is 2.51 bits per heavy atom. The zero-order valence-electron chi connectivity index (χ0n) is 23.6. The Hall–Kier alpha value is -4.17. The minimum atomic E-state index is -0.646. The van der Waals surface area contributed by atoms with E-state index in [0.29, 0.717) is 42.4 Å². The quantitative estimate of drug-likeness (QED) is 0.154. The number of piperazine rings is 1. The molecule has 0 bridgehead atoms. The van der Waals surface area contributed by atoms with Crippen molar-refractivity contribution >= 4 is 41.1 Å². The van der Waals surface area contributed by atoms with Gasteiger partial charge in [0, 0.05) is 48.9 Å². The number of amidine groups is 1. The summed E-state index contributed by atoms with van der Waals surface area (Å²) in [7, 11) is 1.66. The van der Waals surface area contributed by atoms with Crippen LogP contribution in [-0.2, 0) is 9.59 Å². The number of aliphatic imine (C=N–C) groups is 1. The number of phenolic OH excluding ortho intramolecular Hbond substituents is 1. The lowest BCUT2D eigenvalue weighted by atomic mass is 9.96. The first-order valence-electron chi connectivity index (χ1n) is 13.4. The standard InChI is InChI=1S/C32H34ClFN4O3/c1-6-30(41)36-14-15-37(21(4)18-36)32(35-5)24-16-25(33)23(31-26(34)11-9-13-29(31)40)17-28(24)38(19-39)27-12-8-7-10-22(27)20(2)3/h6-13,16-17,19-21,40H,1,14-15,18H2,2-5H3/b35-32+. The number of carbonyl (C=O) groups is 2. The first-order chi connectivity index (χ1) is 19.6. The van der Waals surface area contributed by atoms with Crippen LogP contribution in [0.3, 0.4) is 0 Å². The molecule has 214 valence electrons. The highest BCUT2D eigenvalue weighted by molar-refractivity contribution is 6.34. The minimum absolute atomic E-state index is 0.0619. The summed E-state index contributed by atoms with van der Waals surface area (Å²) in [6.45, 7) is 11.1. The van der Waals surface area contributed by atoms with E-state index in [4.69, 9.17) is 11.6 Å². The van der Waals surface area contributed by atoms with Gasteiger partial charge in [0.2, 0.25) is 12.3 Å². The number of para-hydroxylation sites is 1. The third-order valence-corrected chi connectivity index (χ3v) is 7.68. The number of rotatable bonds is 7. The van der Waals surface area contributed by atoms with Crippen LogP contribution in [0.5, 0.6) is 5.75 Å². The van der Waals surface area contributed by atoms with E-state index >= 15 is 4.39 Å². The molecule has 3 aromatic carbocycles. The molecule has 1 saturated heterocycles. The summed E-state index contributed by atoms with van der Waals surface area (Å²) in [5.41, 5.74) is 2.75. The Labute approximate surface area is 245 Å². The molecular weight excluding hydrogens is 543 g/mol. The number of amides is 2. The first-order valence-corrected chi connectivity index (χ1v) is 13.8. The van der Waals surface area contributed by atoms with Gasteiger partial charge in [0.1, 0.15) is 17.4 Å². The van der Waals surface area contributed by atoms with Gasteiger partial charge >= 0.3 is 0 Å². The summed E-state index contributed by atoms with van der Waals surface area (Å²) < 4.78 is 15.0. The average Bonchev–Trinajstić information content (AvgIpc) is 2.95. The van der Waals surface area contributed by atoms with Crippen LogP contribution in [-0.4, -0.2) is 65.8 Å². The van der Waals surface area contributed by atoms with E-state index in [-0.39, 0.29) is 39.8 Å². The molecule has 1 fully saturated rings. The fourth-order valence-corrected chi connectivity index (χ4v) is 5.61. The zero-order chi connectivity index (χ0) is 29.8. The Balaban J connectivity index is 1.95. The van der Waals surface area contributed by atoms with E-state index < -0.39 is 5.82 Å². The molecule has 0 aliphatic carbocycles. The van der Waals surface area contributed by atoms with E-state index in [0.717, 1.165) is 12.0 Å². The van der Waals surface area contributed by atoms with Crippen LogP contribution in [0.4, 0.5) is 15.8 Å². The summed E-state index contributed by atoms with van der Waals surface area (Å²) in [5.74, 6) is -0.382. The summed E-state index contributed by atoms with van der Waals surface area (Å²) in [5, 5.41) is 10.8. The van der Waals surface area contributed by atoms with Crippen molar-refractivity contribution in [2.24, 2.45) is 4.99 Å². The first kappa shape index (κ1) is 29.8. The van der Waals surface area contributed by atoms with Crippen molar-refractivity contribution in [3.05, 3.63) is 89.2 Å². The molecule has 1 heterocycles. The van der Waals surface area contributed by atoms with Crippen molar-refractivity contribution in [1.29, 1.82) is 0 Å². The third-order valence-electron chi connectivity index (χ3n) is 7.37. The Bertz CT molecular complexity index is 1490. The third kappa shape index (κ3) is 5.84. The number of benzene rings is 3. The molecule has 1 unspecified atom stereocenters. The van der Waals surface area contributed by atoms with Gasteiger partial charge in [-0.05, 0) is 54.8 Å². The maximum Gasteiger partial charge on any atom is 0.246 e. The van der Waals surface area contributed by atoms with Crippen molar-refractivity contribution in [2.45, 2.75) is 32.7 Å². The van der Waals surface area contributed by atoms with Crippen LogP contribution < -0.4 is 4.90 Å². The number of anilines is 2. The second-order valence-electron chi connectivity index (χ2n) is 10.3. The molecule has 3 aromatic rings. The smallest absolute Gasteiger partial charge is 0.246 e. The zero-order valence-corrected chi connectivity index (χ0v) is 24.4. The Kier molecular flexibility index (Phi) is 9.13. The van der Waals surface area contributed by atoms with Crippen LogP contribution >= 0.6 is 11.6 Å². The molecule has 0 spiro atoms. The van der Waals surface area contributed by atoms with Crippen molar-refractivity contribution in [1.82, 2.24) is 9.80 Å². The summed E-state index contributed by atoms with van der Waals surface area (Å²) in [6.07, 6.45) is 2.02. The predicted molar refractivity (Wildman–Crippen MR) is 163 cm³/mol. The highest BCUT2D eigenvalue weighted by atomic mass is 35.5. The fourth-order valence-electron chi connectivity index (χ4n) is 5.35. The number of phenols is 1. The van der Waals surface area contributed by atoms with Gasteiger partial charge in [0.05, 0.1) is 16.9 Å². The lowest BCUT2D eigenvalue weighted by Gasteiger charge is -2.42. The molecule has 4 rings (SSSR count). The maximum absolute atomic E-state index is 15.0. The molecule has 0 radical (unpaired) electrons. The van der Waals surface area contributed by atoms with E-state index in [9.17, 15) is 14.7 Å². The van der Waals surface area contributed by atoms with Crippen LogP contribution in [0.1, 0.15) is 37.8 Å². The van der Waals surface area contributed by atoms with Crippen LogP contribution in [0.25, 0.3) is 11.1 Å². The lowest BCUT2D eigenvalue weighted by molar-refractivity contribution is -0.128. The fraction of sp³-hybridized carbons (Fsp3) is 0.281. The Morgan fingerprint density at radius 2 is 1.90 bits per heavy atom. The van der Waals surface area contributed by atoms with Crippen molar-refractivity contribution in [3.63, 3.8) is 0 Å². The molecular formula is C32H34ClFN4O3. The number of hydrogen-bond acceptors (Lipinski definition) is 4. The molecule has 1 aliphatic heterocycles. The second kappa shape index (κ2) is 12.6. The minimum Gasteiger partial charge on any atom is -0.507 e. The highest BCUT2D eigenvalue weighted by Gasteiger charge is 2.31. The van der Waals surface area contributed by atoms with Gasteiger partial charge in [0.25, 0.3) is 0 Å². The summed E-state index contributed by atoms with van der Waals surface area (Å²) in [6, 6.07) is 14.8. The summed E-state index contributed by atoms with van der Waals surface area (Å²) >= 11 is 6.79. The van der Waals surface area contributed by atoms with E-state index in [2.05, 4.69) is 16.5 Å². The van der Waals surface area contributed by atoms with Crippen LogP contribution in [0.15, 0.2) is 72.2 Å². The molecule has 0 aromatic heterocycles. The molecule has 1 aliphatic rings. The maximum atomic E-state index is 15.0. The van der Waals surface area contributed by atoms with Crippen molar-refractivity contribution in [3.8, 4) is 16.9 Å². The molecule has 1 N–H and O–H groups in total. The number of halogens is 2. The normalized spacial score (nSPS) is 15.7. The summed E-state index contributed by atoms with van der Waals surface area (Å²) in [4.78, 5) is 35.1. The molecule has 0 saturated carbocycles. The van der Waals surface area contributed by atoms with Crippen molar-refractivity contribution < 1.29 is 19.1 Å². The lowest BCUT2D eigenvalue weighted by Crippen LogP contribution is -2.55. The SMILES string of the molecule is C=CC(=O)N1CCN(/C(=N/C)c2cc(Cl)c(-c3c(O)cccc3F)cc2N(C=O)c2ccccc2C(C)C)C(C)C1. The molecule has 9 heteroatoms. The van der Waals surface area contributed by atoms with E-state index in [1.165, 1.54) is 29.2 Å². The predicted octanol–water partition coefficient (Wildman–Crippen LogP) is 6.36. The van der Waals surface area contributed by atoms with Gasteiger partial charge in [-0.3, -0.25) is 19.5 Å².